The van der Waals surface area contributed by atoms with Crippen molar-refractivity contribution in [2.75, 3.05) is 30.5 Å². The summed E-state index contributed by atoms with van der Waals surface area (Å²) < 4.78 is 125. The lowest BCUT2D eigenvalue weighted by Gasteiger charge is -2.13. The number of anilines is 2. The van der Waals surface area contributed by atoms with Gasteiger partial charge in [0.15, 0.2) is 5.75 Å². The van der Waals surface area contributed by atoms with Crippen molar-refractivity contribution in [2.24, 2.45) is 0 Å². The number of carboxylic acid groups (broad SMARTS) is 1. The normalized spacial score (nSPS) is 11.4. The van der Waals surface area contributed by atoms with E-state index in [4.69, 9.17) is 61.0 Å². The number of aromatic carboxylic acids is 1. The molecule has 0 saturated heterocycles. The minimum atomic E-state index is -4.45. The van der Waals surface area contributed by atoms with Crippen molar-refractivity contribution in [2.45, 2.75) is 44.3 Å². The van der Waals surface area contributed by atoms with E-state index in [0.717, 1.165) is 18.4 Å². The number of sulfonamides is 2. The fourth-order valence-electron chi connectivity index (χ4n) is 4.93. The number of carboxylic acids is 1. The number of carbonyl (C=O) groups is 2. The van der Waals surface area contributed by atoms with E-state index < -0.39 is 68.2 Å². The predicted molar refractivity (Wildman–Crippen MR) is 224 cm³/mol. The first kappa shape index (κ1) is 52.8. The molecule has 2 amide bonds. The number of halogens is 9. The third kappa shape index (κ3) is 14.8. The van der Waals surface area contributed by atoms with Crippen LogP contribution in [0.5, 0.6) is 11.8 Å². The Bertz CT molecular complexity index is 2820. The van der Waals surface area contributed by atoms with Gasteiger partial charge in [0.25, 0.3) is 10.0 Å². The van der Waals surface area contributed by atoms with Gasteiger partial charge in [0.05, 0.1) is 56.8 Å². The first-order chi connectivity index (χ1) is 29.6. The van der Waals surface area contributed by atoms with Crippen LogP contribution in [0.25, 0.3) is 5.69 Å². The third-order valence-corrected chi connectivity index (χ3v) is 10.8. The molecule has 2 heterocycles. The van der Waals surface area contributed by atoms with E-state index in [0.29, 0.717) is 4.68 Å². The van der Waals surface area contributed by atoms with Gasteiger partial charge in [-0.3, -0.25) is 10.0 Å². The average Bonchev–Trinajstić information content (AvgIpc) is 3.47. The van der Waals surface area contributed by atoms with Crippen LogP contribution in [-0.4, -0.2) is 89.9 Å². The maximum absolute atomic E-state index is 12.8. The Morgan fingerprint density at radius 3 is 2.05 bits per heavy atom. The zero-order valence-corrected chi connectivity index (χ0v) is 37.8. The lowest BCUT2D eigenvalue weighted by atomic mass is 10.1. The van der Waals surface area contributed by atoms with Gasteiger partial charge in [0, 0.05) is 6.42 Å². The summed E-state index contributed by atoms with van der Waals surface area (Å²) in [7, 11) is -5.45. The molecule has 3 aromatic carbocycles. The number of nitrogens with zero attached hydrogens (tertiary/aromatic N) is 6. The number of amides is 2. The van der Waals surface area contributed by atoms with Crippen LogP contribution in [-0.2, 0) is 26.5 Å². The molecule has 0 atom stereocenters. The fraction of sp³-hybridized carbons (Fsp3) is 0.265. The number of benzene rings is 3. The molecule has 4 N–H and O–H groups in total. The van der Waals surface area contributed by atoms with Crippen molar-refractivity contribution >= 4 is 90.1 Å². The van der Waals surface area contributed by atoms with Crippen molar-refractivity contribution in [1.82, 2.24) is 34.0 Å². The smallest absolute Gasteiger partial charge is 0.389 e. The molecule has 64 heavy (non-hydrogen) atoms. The van der Waals surface area contributed by atoms with Gasteiger partial charge in [-0.25, -0.2) is 40.5 Å². The Morgan fingerprint density at radius 2 is 1.52 bits per heavy atom. The zero-order chi connectivity index (χ0) is 48.5. The van der Waals surface area contributed by atoms with E-state index in [9.17, 15) is 53.2 Å². The van der Waals surface area contributed by atoms with Gasteiger partial charge in [0.1, 0.15) is 17.2 Å². The topological polar surface area (TPSA) is 256 Å². The first-order valence-corrected chi connectivity index (χ1v) is 21.9. The van der Waals surface area contributed by atoms with Gasteiger partial charge >= 0.3 is 36.4 Å². The van der Waals surface area contributed by atoms with Crippen molar-refractivity contribution in [1.29, 1.82) is 0 Å². The van der Waals surface area contributed by atoms with Gasteiger partial charge in [-0.15, -0.1) is 5.10 Å². The molecule has 5 aromatic rings. The lowest BCUT2D eigenvalue weighted by molar-refractivity contribution is -0.134. The highest BCUT2D eigenvalue weighted by molar-refractivity contribution is 7.92. The largest absolute Gasteiger partial charge is 0.494 e. The monoisotopic (exact) mass is 1030 g/mol. The summed E-state index contributed by atoms with van der Waals surface area (Å²) in [5, 5.41) is 14.8. The van der Waals surface area contributed by atoms with Crippen LogP contribution in [0.1, 0.15) is 40.5 Å². The summed E-state index contributed by atoms with van der Waals surface area (Å²) in [4.78, 5) is 45.7. The number of ether oxygens (including phenoxy) is 2. The number of aryl methyl sites for hydroxylation is 3. The minimum absolute atomic E-state index is 0.0257. The molecule has 0 aliphatic carbocycles. The molecular weight excluding hydrogens is 995 g/mol. The Hall–Kier alpha value is -5.54. The van der Waals surface area contributed by atoms with Crippen LogP contribution >= 0.6 is 46.4 Å². The fourth-order valence-corrected chi connectivity index (χ4v) is 7.70. The van der Waals surface area contributed by atoms with Crippen LogP contribution in [0, 0.1) is 13.8 Å². The standard InChI is InChI=1S/C15H16F3N5O4S.C11H10Cl2F2N4O3S.C8H6Cl2O3/c1-9-19-12(22-14(20-9)27-2)21-13(24)23-28(25,26)11-6-4-3-5-10(11)7-8-15(16,17)18;1-5-16-19(11(20)18(5)10(14)15)9-4-8(17-23(2,21)22)6(12)3-7(9)13;1-13-7-5(10)3-2-4(9)6(7)8(11)12/h3-6H,7-8H2,1-2H3,(H2,19,20,21,22,23,24);3-4,10,17H,1-2H3;2-3H,1H3,(H,11,12). The molecule has 30 heteroatoms. The van der Waals surface area contributed by atoms with Crippen LogP contribution in [0.4, 0.5) is 38.4 Å². The summed E-state index contributed by atoms with van der Waals surface area (Å²) in [6.45, 7) is -0.347. The van der Waals surface area contributed by atoms with Gasteiger partial charge < -0.3 is 14.6 Å². The van der Waals surface area contributed by atoms with Crippen molar-refractivity contribution in [3.8, 4) is 17.4 Å². The number of aromatic nitrogens is 6. The summed E-state index contributed by atoms with van der Waals surface area (Å²) in [5.74, 6) is -1.36. The number of methoxy groups -OCH3 is 2. The molecular formula is C34H32Cl4F5N9O10S2. The molecule has 2 aromatic heterocycles. The second-order valence-corrected chi connectivity index (χ2v) is 17.3. The minimum Gasteiger partial charge on any atom is -0.494 e. The van der Waals surface area contributed by atoms with Gasteiger partial charge in [-0.1, -0.05) is 64.6 Å². The molecule has 0 unspecified atom stereocenters. The number of rotatable bonds is 12. The molecule has 5 rings (SSSR count). The van der Waals surface area contributed by atoms with Crippen LogP contribution in [0.15, 0.2) is 58.2 Å². The Labute approximate surface area is 379 Å². The lowest BCUT2D eigenvalue weighted by Crippen LogP contribution is -2.35. The number of nitrogens with one attached hydrogen (secondary N) is 3. The highest BCUT2D eigenvalue weighted by Crippen LogP contribution is 2.34. The van der Waals surface area contributed by atoms with Crippen LogP contribution in [0.3, 0.4) is 0 Å². The number of hydrogen-bond acceptors (Lipinski definition) is 13. The summed E-state index contributed by atoms with van der Waals surface area (Å²) in [6, 6.07) is 9.01. The van der Waals surface area contributed by atoms with E-state index in [-0.39, 0.29) is 76.5 Å². The highest BCUT2D eigenvalue weighted by Gasteiger charge is 2.29. The summed E-state index contributed by atoms with van der Waals surface area (Å²) in [6.07, 6.45) is -5.29. The molecule has 19 nitrogen and oxygen atoms in total. The number of urea groups is 1. The van der Waals surface area contributed by atoms with E-state index in [1.165, 1.54) is 64.5 Å². The summed E-state index contributed by atoms with van der Waals surface area (Å²) in [5.41, 5.74) is -1.46. The molecule has 0 saturated carbocycles. The van der Waals surface area contributed by atoms with E-state index in [1.54, 1.807) is 4.72 Å². The average molecular weight is 1030 g/mol. The second kappa shape index (κ2) is 21.9. The van der Waals surface area contributed by atoms with Crippen molar-refractivity contribution in [3.63, 3.8) is 0 Å². The van der Waals surface area contributed by atoms with Crippen LogP contribution < -0.4 is 29.9 Å². The third-order valence-electron chi connectivity index (χ3n) is 7.51. The molecule has 0 spiro atoms. The Kier molecular flexibility index (Phi) is 18.1. The molecule has 0 aliphatic rings. The zero-order valence-electron chi connectivity index (χ0n) is 33.1. The number of alkyl halides is 5. The van der Waals surface area contributed by atoms with Gasteiger partial charge in [-0.05, 0) is 56.2 Å². The van der Waals surface area contributed by atoms with Crippen molar-refractivity contribution in [3.05, 3.63) is 102 Å². The highest BCUT2D eigenvalue weighted by atomic mass is 35.5. The van der Waals surface area contributed by atoms with E-state index >= 15 is 0 Å². The maximum atomic E-state index is 12.8. The number of carbonyl (C=O) groups excluding carboxylic acids is 1. The van der Waals surface area contributed by atoms with Gasteiger partial charge in [-0.2, -0.15) is 41.6 Å². The molecule has 0 fully saturated rings. The van der Waals surface area contributed by atoms with E-state index in [1.807, 2.05) is 0 Å². The second-order valence-electron chi connectivity index (χ2n) is 12.3. The number of hydrogen-bond donors (Lipinski definition) is 4. The molecule has 0 radical (unpaired) electrons. The van der Waals surface area contributed by atoms with E-state index in [2.05, 4.69) is 30.1 Å². The predicted octanol–water partition coefficient (Wildman–Crippen LogP) is 7.31. The Balaban J connectivity index is 0.000000272. The SMILES string of the molecule is COc1c(Cl)ccc(Cl)c1C(=O)O.COc1nc(C)nc(NC(=O)NS(=O)(=O)c2ccccc2CCC(F)(F)F)n1.Cc1nn(-c2cc(NS(C)(=O)=O)c(Cl)cc2Cl)c(=O)n1C(F)F. The van der Waals surface area contributed by atoms with Crippen molar-refractivity contribution < 1.29 is 63.0 Å². The van der Waals surface area contributed by atoms with Crippen LogP contribution in [0.2, 0.25) is 20.1 Å². The molecule has 348 valence electrons. The maximum Gasteiger partial charge on any atom is 0.389 e. The molecule has 0 aliphatic heterocycles. The molecule has 0 bridgehead atoms. The summed E-state index contributed by atoms with van der Waals surface area (Å²) >= 11 is 23.2. The first-order valence-electron chi connectivity index (χ1n) is 17.0. The Morgan fingerprint density at radius 1 is 0.891 bits per heavy atom. The quantitative estimate of drug-likeness (QED) is 0.0894. The van der Waals surface area contributed by atoms with Gasteiger partial charge in [0.2, 0.25) is 16.0 Å².